The number of amides is 1. The first-order valence-electron chi connectivity index (χ1n) is 7.93. The highest BCUT2D eigenvalue weighted by Gasteiger charge is 2.33. The molecule has 6 nitrogen and oxygen atoms in total. The molecule has 1 fully saturated rings. The van der Waals surface area contributed by atoms with Crippen molar-refractivity contribution in [1.29, 1.82) is 0 Å². The number of carbonyl (C=O) groups is 1. The molecule has 1 aromatic heterocycles. The molecule has 3 heterocycles. The molecular weight excluding hydrogens is 328 g/mol. The van der Waals surface area contributed by atoms with Crippen molar-refractivity contribution in [2.75, 3.05) is 33.0 Å². The lowest BCUT2D eigenvalue weighted by Gasteiger charge is -2.35. The molecule has 0 radical (unpaired) electrons. The van der Waals surface area contributed by atoms with E-state index in [4.69, 9.17) is 14.2 Å². The lowest BCUT2D eigenvalue weighted by Crippen LogP contribution is -2.43. The maximum Gasteiger partial charge on any atom is 0.258 e. The highest BCUT2D eigenvalue weighted by Crippen LogP contribution is 2.36. The van der Waals surface area contributed by atoms with Gasteiger partial charge in [-0.15, -0.1) is 11.3 Å². The molecule has 2 aliphatic heterocycles. The second-order valence-corrected chi connectivity index (χ2v) is 6.77. The Morgan fingerprint density at radius 2 is 2.17 bits per heavy atom. The van der Waals surface area contributed by atoms with Crippen molar-refractivity contribution in [3.8, 4) is 11.5 Å². The van der Waals surface area contributed by atoms with Crippen LogP contribution in [0.5, 0.6) is 11.5 Å². The third-order valence-electron chi connectivity index (χ3n) is 4.16. The molecule has 1 amide bonds. The van der Waals surface area contributed by atoms with E-state index in [1.807, 2.05) is 29.3 Å². The first-order chi connectivity index (χ1) is 11.7. The summed E-state index contributed by atoms with van der Waals surface area (Å²) in [7, 11) is 0. The van der Waals surface area contributed by atoms with Gasteiger partial charge >= 0.3 is 0 Å². The Kier molecular flexibility index (Phi) is 4.12. The molecule has 0 N–H and O–H groups in total. The van der Waals surface area contributed by atoms with Crippen molar-refractivity contribution in [3.63, 3.8) is 0 Å². The smallest absolute Gasteiger partial charge is 0.258 e. The zero-order chi connectivity index (χ0) is 16.5. The topological polar surface area (TPSA) is 60.9 Å². The van der Waals surface area contributed by atoms with Crippen LogP contribution in [0.1, 0.15) is 27.1 Å². The number of fused-ring (bicyclic) bond motifs is 1. The molecule has 2 aromatic rings. The molecule has 0 spiro atoms. The van der Waals surface area contributed by atoms with E-state index in [-0.39, 0.29) is 11.9 Å². The largest absolute Gasteiger partial charge is 0.486 e. The van der Waals surface area contributed by atoms with Gasteiger partial charge in [0.05, 0.1) is 35.5 Å². The molecule has 0 aliphatic carbocycles. The summed E-state index contributed by atoms with van der Waals surface area (Å²) < 4.78 is 16.9. The Bertz CT molecular complexity index is 761. The summed E-state index contributed by atoms with van der Waals surface area (Å²) in [6.45, 7) is 4.43. The van der Waals surface area contributed by atoms with Gasteiger partial charge in [0.1, 0.15) is 13.2 Å². The van der Waals surface area contributed by atoms with E-state index in [0.29, 0.717) is 50.0 Å². The summed E-state index contributed by atoms with van der Waals surface area (Å²) in [4.78, 5) is 19.5. The van der Waals surface area contributed by atoms with Gasteiger partial charge in [-0.3, -0.25) is 4.79 Å². The van der Waals surface area contributed by atoms with Gasteiger partial charge in [-0.2, -0.15) is 0 Å². The van der Waals surface area contributed by atoms with Crippen LogP contribution in [-0.2, 0) is 4.74 Å². The van der Waals surface area contributed by atoms with E-state index in [9.17, 15) is 4.79 Å². The molecule has 126 valence electrons. The Balaban J connectivity index is 1.67. The SMILES string of the molecule is Cc1nc([C@H]2COCCN2C(=O)c2cccc3c2OCCO3)cs1. The lowest BCUT2D eigenvalue weighted by atomic mass is 10.1. The number of ether oxygens (including phenoxy) is 3. The van der Waals surface area contributed by atoms with Crippen molar-refractivity contribution in [2.24, 2.45) is 0 Å². The van der Waals surface area contributed by atoms with Gasteiger partial charge in [-0.1, -0.05) is 6.07 Å². The van der Waals surface area contributed by atoms with E-state index in [1.165, 1.54) is 0 Å². The van der Waals surface area contributed by atoms with E-state index in [0.717, 1.165) is 10.7 Å². The van der Waals surface area contributed by atoms with Gasteiger partial charge in [-0.05, 0) is 19.1 Å². The first-order valence-corrected chi connectivity index (χ1v) is 8.81. The standard InChI is InChI=1S/C17H18N2O4S/c1-11-18-13(10-24-11)14-9-21-6-5-19(14)17(20)12-3-2-4-15-16(12)23-8-7-22-15/h2-4,10,14H,5-9H2,1H3/t14-/m1/s1. The Morgan fingerprint density at radius 3 is 3.00 bits per heavy atom. The summed E-state index contributed by atoms with van der Waals surface area (Å²) in [5, 5.41) is 2.98. The normalized spacial score (nSPS) is 20.0. The van der Waals surface area contributed by atoms with Crippen molar-refractivity contribution < 1.29 is 19.0 Å². The number of hydrogen-bond acceptors (Lipinski definition) is 6. The number of thiazole rings is 1. The van der Waals surface area contributed by atoms with Crippen molar-refractivity contribution in [1.82, 2.24) is 9.88 Å². The number of rotatable bonds is 2. The number of benzene rings is 1. The van der Waals surface area contributed by atoms with Crippen molar-refractivity contribution >= 4 is 17.2 Å². The zero-order valence-electron chi connectivity index (χ0n) is 13.4. The average molecular weight is 346 g/mol. The molecule has 0 bridgehead atoms. The Hall–Kier alpha value is -2.12. The zero-order valence-corrected chi connectivity index (χ0v) is 14.2. The molecule has 1 aromatic carbocycles. The number of nitrogens with zero attached hydrogens (tertiary/aromatic N) is 2. The molecule has 24 heavy (non-hydrogen) atoms. The van der Waals surface area contributed by atoms with Crippen molar-refractivity contribution in [2.45, 2.75) is 13.0 Å². The monoisotopic (exact) mass is 346 g/mol. The number of para-hydroxylation sites is 1. The number of carbonyl (C=O) groups excluding carboxylic acids is 1. The second-order valence-electron chi connectivity index (χ2n) is 5.71. The fraction of sp³-hybridized carbons (Fsp3) is 0.412. The number of morpholine rings is 1. The van der Waals surface area contributed by atoms with Crippen LogP contribution in [0.4, 0.5) is 0 Å². The number of aryl methyl sites for hydroxylation is 1. The average Bonchev–Trinajstić information content (AvgIpc) is 3.07. The van der Waals surface area contributed by atoms with Crippen LogP contribution < -0.4 is 9.47 Å². The predicted molar refractivity (Wildman–Crippen MR) is 88.9 cm³/mol. The molecule has 0 unspecified atom stereocenters. The molecule has 7 heteroatoms. The lowest BCUT2D eigenvalue weighted by molar-refractivity contribution is -0.00406. The minimum absolute atomic E-state index is 0.0729. The number of hydrogen-bond donors (Lipinski definition) is 0. The van der Waals surface area contributed by atoms with E-state index < -0.39 is 0 Å². The molecule has 1 saturated heterocycles. The minimum Gasteiger partial charge on any atom is -0.486 e. The Morgan fingerprint density at radius 1 is 1.29 bits per heavy atom. The molecule has 4 rings (SSSR count). The van der Waals surface area contributed by atoms with E-state index in [2.05, 4.69) is 4.98 Å². The van der Waals surface area contributed by atoms with Gasteiger partial charge in [0.2, 0.25) is 0 Å². The fourth-order valence-electron chi connectivity index (χ4n) is 3.02. The fourth-order valence-corrected chi connectivity index (χ4v) is 3.68. The maximum atomic E-state index is 13.2. The molecular formula is C17H18N2O4S. The summed E-state index contributed by atoms with van der Waals surface area (Å²) in [6, 6.07) is 5.26. The predicted octanol–water partition coefficient (Wildman–Crippen LogP) is 2.44. The summed E-state index contributed by atoms with van der Waals surface area (Å²) in [6.07, 6.45) is 0. The van der Waals surface area contributed by atoms with Crippen molar-refractivity contribution in [3.05, 3.63) is 39.8 Å². The van der Waals surface area contributed by atoms with Crippen LogP contribution in [0.3, 0.4) is 0 Å². The summed E-state index contributed by atoms with van der Waals surface area (Å²) in [5.41, 5.74) is 1.42. The summed E-state index contributed by atoms with van der Waals surface area (Å²) in [5.74, 6) is 1.09. The first kappa shape index (κ1) is 15.4. The van der Waals surface area contributed by atoms with Crippen LogP contribution >= 0.6 is 11.3 Å². The quantitative estimate of drug-likeness (QED) is 0.836. The van der Waals surface area contributed by atoms with Gasteiger partial charge in [-0.25, -0.2) is 4.98 Å². The third kappa shape index (κ3) is 2.74. The maximum absolute atomic E-state index is 13.2. The van der Waals surface area contributed by atoms with E-state index >= 15 is 0 Å². The number of aromatic nitrogens is 1. The van der Waals surface area contributed by atoms with Crippen LogP contribution in [0.25, 0.3) is 0 Å². The van der Waals surface area contributed by atoms with Gasteiger partial charge < -0.3 is 19.1 Å². The molecule has 1 atom stereocenters. The van der Waals surface area contributed by atoms with Crippen LogP contribution in [0, 0.1) is 6.92 Å². The molecule has 0 saturated carbocycles. The second kappa shape index (κ2) is 6.41. The molecule has 2 aliphatic rings. The highest BCUT2D eigenvalue weighted by atomic mass is 32.1. The van der Waals surface area contributed by atoms with Crippen LogP contribution in [0.2, 0.25) is 0 Å². The van der Waals surface area contributed by atoms with Gasteiger partial charge in [0.15, 0.2) is 11.5 Å². The van der Waals surface area contributed by atoms with Gasteiger partial charge in [0.25, 0.3) is 5.91 Å². The van der Waals surface area contributed by atoms with Gasteiger partial charge in [0, 0.05) is 11.9 Å². The van der Waals surface area contributed by atoms with Crippen LogP contribution in [0.15, 0.2) is 23.6 Å². The van der Waals surface area contributed by atoms with Crippen LogP contribution in [-0.4, -0.2) is 48.8 Å². The Labute approximate surface area is 144 Å². The summed E-state index contributed by atoms with van der Waals surface area (Å²) >= 11 is 1.58. The highest BCUT2D eigenvalue weighted by molar-refractivity contribution is 7.09. The third-order valence-corrected chi connectivity index (χ3v) is 4.96. The minimum atomic E-state index is -0.170. The van der Waals surface area contributed by atoms with E-state index in [1.54, 1.807) is 17.4 Å².